The highest BCUT2D eigenvalue weighted by molar-refractivity contribution is 5.89. The first-order valence-electron chi connectivity index (χ1n) is 15.9. The van der Waals surface area contributed by atoms with Crippen molar-refractivity contribution in [2.24, 2.45) is 5.92 Å². The number of esters is 1. The van der Waals surface area contributed by atoms with Crippen LogP contribution in [0.5, 0.6) is 5.75 Å². The van der Waals surface area contributed by atoms with Crippen molar-refractivity contribution in [2.45, 2.75) is 128 Å². The van der Waals surface area contributed by atoms with Crippen LogP contribution in [0.2, 0.25) is 0 Å². The van der Waals surface area contributed by atoms with Crippen LogP contribution < -0.4 is 4.74 Å². The van der Waals surface area contributed by atoms with E-state index in [9.17, 15) is 41.3 Å². The fraction of sp³-hybridized carbons (Fsp3) is 0.667. The Bertz CT molecular complexity index is 1270. The number of carbonyl (C=O) groups excluding carboxylic acids is 1. The summed E-state index contributed by atoms with van der Waals surface area (Å²) >= 11 is 0. The number of benzene rings is 2. The third kappa shape index (κ3) is 9.72. The third-order valence-corrected chi connectivity index (χ3v) is 8.76. The summed E-state index contributed by atoms with van der Waals surface area (Å²) < 4.78 is 93.4. The van der Waals surface area contributed by atoms with E-state index in [1.165, 1.54) is 24.3 Å². The number of carbonyl (C=O) groups is 1. The van der Waals surface area contributed by atoms with E-state index >= 15 is 0 Å². The van der Waals surface area contributed by atoms with Gasteiger partial charge in [-0.15, -0.1) is 0 Å². The highest BCUT2D eigenvalue weighted by Gasteiger charge is 2.45. The Kier molecular flexibility index (Phi) is 12.9. The van der Waals surface area contributed by atoms with Gasteiger partial charge in [0.25, 0.3) is 0 Å². The number of hydrogen-bond acceptors (Lipinski definition) is 5. The SMILES string of the molecule is CCCCCCC(CCCOC(=O)CCCC)(c1ccc2c(C(F)(F)F)c(OC3CCC(C(F)(F)F)CC3)ccc2c1)[N+](=O)[O-]. The first-order chi connectivity index (χ1) is 21.2. The number of rotatable bonds is 16. The summed E-state index contributed by atoms with van der Waals surface area (Å²) in [5.41, 5.74) is -2.39. The maximum atomic E-state index is 14.4. The number of nitro groups is 1. The fourth-order valence-electron chi connectivity index (χ4n) is 6.17. The van der Waals surface area contributed by atoms with Crippen molar-refractivity contribution in [3.8, 4) is 5.75 Å². The molecule has 2 aromatic carbocycles. The first kappa shape index (κ1) is 36.4. The number of halogens is 6. The van der Waals surface area contributed by atoms with Gasteiger partial charge in [0.2, 0.25) is 5.54 Å². The van der Waals surface area contributed by atoms with E-state index in [0.717, 1.165) is 31.7 Å². The van der Waals surface area contributed by atoms with Crippen LogP contribution in [0.15, 0.2) is 30.3 Å². The predicted molar refractivity (Wildman–Crippen MR) is 159 cm³/mol. The Morgan fingerprint density at radius 3 is 2.16 bits per heavy atom. The van der Waals surface area contributed by atoms with Gasteiger partial charge in [0.05, 0.1) is 18.6 Å². The second-order valence-corrected chi connectivity index (χ2v) is 12.0. The molecule has 1 unspecified atom stereocenters. The molecule has 1 fully saturated rings. The summed E-state index contributed by atoms with van der Waals surface area (Å²) in [7, 11) is 0. The molecule has 12 heteroatoms. The zero-order chi connectivity index (χ0) is 33.3. The molecule has 45 heavy (non-hydrogen) atoms. The molecule has 0 amide bonds. The first-order valence-corrected chi connectivity index (χ1v) is 15.9. The number of unbranched alkanes of at least 4 members (excludes halogenated alkanes) is 4. The van der Waals surface area contributed by atoms with Crippen LogP contribution in [-0.2, 0) is 21.2 Å². The molecule has 6 nitrogen and oxygen atoms in total. The Morgan fingerprint density at radius 1 is 0.889 bits per heavy atom. The molecule has 0 aliphatic heterocycles. The molecular weight excluding hydrogens is 604 g/mol. The highest BCUT2D eigenvalue weighted by atomic mass is 19.4. The van der Waals surface area contributed by atoms with Crippen LogP contribution in [0.1, 0.15) is 115 Å². The molecule has 1 aliphatic carbocycles. The molecule has 0 N–H and O–H groups in total. The van der Waals surface area contributed by atoms with E-state index in [1.807, 2.05) is 13.8 Å². The largest absolute Gasteiger partial charge is 0.490 e. The zero-order valence-electron chi connectivity index (χ0n) is 25.9. The summed E-state index contributed by atoms with van der Waals surface area (Å²) in [4.78, 5) is 24.3. The van der Waals surface area contributed by atoms with Crippen LogP contribution >= 0.6 is 0 Å². The predicted octanol–water partition coefficient (Wildman–Crippen LogP) is 10.3. The van der Waals surface area contributed by atoms with E-state index in [0.29, 0.717) is 12.8 Å². The lowest BCUT2D eigenvalue weighted by Crippen LogP contribution is -2.36. The van der Waals surface area contributed by atoms with Gasteiger partial charge in [-0.25, -0.2) is 0 Å². The smallest absolute Gasteiger partial charge is 0.420 e. The number of hydrogen-bond donors (Lipinski definition) is 0. The lowest BCUT2D eigenvalue weighted by Gasteiger charge is -2.31. The Balaban J connectivity index is 1.92. The lowest BCUT2D eigenvalue weighted by molar-refractivity contribution is -0.582. The Labute approximate surface area is 260 Å². The maximum Gasteiger partial charge on any atom is 0.420 e. The summed E-state index contributed by atoms with van der Waals surface area (Å²) in [5, 5.41) is 12.6. The van der Waals surface area contributed by atoms with Gasteiger partial charge in [-0.3, -0.25) is 14.9 Å². The zero-order valence-corrected chi connectivity index (χ0v) is 25.9. The lowest BCUT2D eigenvalue weighted by atomic mass is 9.80. The van der Waals surface area contributed by atoms with Gasteiger partial charge < -0.3 is 9.47 Å². The van der Waals surface area contributed by atoms with Crippen LogP contribution in [0.4, 0.5) is 26.3 Å². The van der Waals surface area contributed by atoms with Crippen molar-refractivity contribution in [3.63, 3.8) is 0 Å². The number of alkyl halides is 6. The summed E-state index contributed by atoms with van der Waals surface area (Å²) in [5.74, 6) is -2.34. The van der Waals surface area contributed by atoms with Gasteiger partial charge in [0.1, 0.15) is 11.3 Å². The highest BCUT2D eigenvalue weighted by Crippen LogP contribution is 2.45. The van der Waals surface area contributed by atoms with Crippen molar-refractivity contribution in [1.82, 2.24) is 0 Å². The molecular formula is C33H43F6NO5. The minimum atomic E-state index is -4.85. The van der Waals surface area contributed by atoms with Crippen LogP contribution in [0, 0.1) is 16.0 Å². The van der Waals surface area contributed by atoms with Gasteiger partial charge in [-0.1, -0.05) is 57.7 Å². The molecule has 1 aliphatic rings. The monoisotopic (exact) mass is 647 g/mol. The van der Waals surface area contributed by atoms with Crippen molar-refractivity contribution in [1.29, 1.82) is 0 Å². The molecule has 0 heterocycles. The van der Waals surface area contributed by atoms with E-state index in [1.54, 1.807) is 0 Å². The Hall–Kier alpha value is -3.05. The third-order valence-electron chi connectivity index (χ3n) is 8.76. The van der Waals surface area contributed by atoms with E-state index in [-0.39, 0.29) is 85.2 Å². The molecule has 1 atom stereocenters. The molecule has 0 spiro atoms. The van der Waals surface area contributed by atoms with Gasteiger partial charge in [-0.2, -0.15) is 26.3 Å². The average Bonchev–Trinajstić information content (AvgIpc) is 2.98. The molecule has 2 aromatic rings. The molecule has 0 bridgehead atoms. The number of nitrogens with zero attached hydrogens (tertiary/aromatic N) is 1. The summed E-state index contributed by atoms with van der Waals surface area (Å²) in [6.07, 6.45) is -5.17. The average molecular weight is 648 g/mol. The normalized spacial score (nSPS) is 18.8. The van der Waals surface area contributed by atoms with Crippen LogP contribution in [-0.4, -0.2) is 29.8 Å². The van der Waals surface area contributed by atoms with Crippen LogP contribution in [0.3, 0.4) is 0 Å². The van der Waals surface area contributed by atoms with Crippen molar-refractivity contribution < 1.29 is 45.5 Å². The molecule has 3 rings (SSSR count). The van der Waals surface area contributed by atoms with Crippen molar-refractivity contribution >= 4 is 16.7 Å². The van der Waals surface area contributed by atoms with Gasteiger partial charge >= 0.3 is 18.3 Å². The number of fused-ring (bicyclic) bond motifs is 1. The minimum Gasteiger partial charge on any atom is -0.490 e. The molecule has 1 saturated carbocycles. The molecule has 0 radical (unpaired) electrons. The second-order valence-electron chi connectivity index (χ2n) is 12.0. The molecule has 0 saturated heterocycles. The topological polar surface area (TPSA) is 78.7 Å². The molecule has 252 valence electrons. The quantitative estimate of drug-likeness (QED) is 0.0596. The van der Waals surface area contributed by atoms with Gasteiger partial charge in [0, 0.05) is 29.7 Å². The summed E-state index contributed by atoms with van der Waals surface area (Å²) in [6, 6.07) is 6.54. The van der Waals surface area contributed by atoms with E-state index < -0.39 is 41.2 Å². The second kappa shape index (κ2) is 16.0. The van der Waals surface area contributed by atoms with Gasteiger partial charge in [0.15, 0.2) is 0 Å². The number of ether oxygens (including phenoxy) is 2. The fourth-order valence-corrected chi connectivity index (χ4v) is 6.17. The van der Waals surface area contributed by atoms with E-state index in [2.05, 4.69) is 0 Å². The summed E-state index contributed by atoms with van der Waals surface area (Å²) in [6.45, 7) is 3.96. The Morgan fingerprint density at radius 2 is 1.56 bits per heavy atom. The van der Waals surface area contributed by atoms with Crippen molar-refractivity contribution in [3.05, 3.63) is 51.6 Å². The standard InChI is InChI=1S/C33H43F6NO5/c1-3-5-7-8-19-31(40(42)43,20-9-21-44-29(41)10-6-4-2)25-14-17-27-23(22-25)11-18-28(30(27)33(37,38)39)45-26-15-12-24(13-16-26)32(34,35)36/h11,14,17-18,22,24,26H,3-10,12-13,15-16,19-21H2,1-2H3. The van der Waals surface area contributed by atoms with Gasteiger partial charge in [-0.05, 0) is 67.9 Å². The van der Waals surface area contributed by atoms with Crippen molar-refractivity contribution in [2.75, 3.05) is 6.61 Å². The molecule has 0 aromatic heterocycles. The van der Waals surface area contributed by atoms with E-state index in [4.69, 9.17) is 9.47 Å². The minimum absolute atomic E-state index is 0.00445. The maximum absolute atomic E-state index is 14.4. The van der Waals surface area contributed by atoms with Crippen LogP contribution in [0.25, 0.3) is 10.8 Å².